The van der Waals surface area contributed by atoms with Crippen LogP contribution in [0.2, 0.25) is 0 Å². The monoisotopic (exact) mass is 455 g/mol. The molecule has 0 radical (unpaired) electrons. The van der Waals surface area contributed by atoms with E-state index in [1.807, 2.05) is 38.2 Å². The number of benzene rings is 1. The lowest BCUT2D eigenvalue weighted by Gasteiger charge is -2.22. The number of rotatable bonds is 7. The van der Waals surface area contributed by atoms with Crippen molar-refractivity contribution in [2.24, 2.45) is 5.92 Å². The predicted octanol–water partition coefficient (Wildman–Crippen LogP) is 3.39. The number of hydrogen-bond donors (Lipinski definition) is 3. The van der Waals surface area contributed by atoms with Crippen molar-refractivity contribution >= 4 is 32.3 Å². The van der Waals surface area contributed by atoms with Gasteiger partial charge >= 0.3 is 0 Å². The highest BCUT2D eigenvalue weighted by Gasteiger charge is 2.24. The van der Waals surface area contributed by atoms with Gasteiger partial charge in [0.1, 0.15) is 9.84 Å². The zero-order chi connectivity index (χ0) is 22.7. The lowest BCUT2D eigenvalue weighted by molar-refractivity contribution is 0.0951. The molecule has 0 saturated carbocycles. The van der Waals surface area contributed by atoms with Crippen LogP contribution in [0.15, 0.2) is 36.8 Å². The Hall–Kier alpha value is -2.94. The second-order valence-corrected chi connectivity index (χ2v) is 11.0. The molecule has 0 atom stereocenters. The number of H-pyrrole nitrogens is 1. The van der Waals surface area contributed by atoms with Crippen molar-refractivity contribution in [3.05, 3.63) is 42.4 Å². The number of pyridine rings is 1. The number of aromatic nitrogens is 3. The van der Waals surface area contributed by atoms with E-state index >= 15 is 0 Å². The van der Waals surface area contributed by atoms with Crippen LogP contribution in [0, 0.1) is 5.92 Å². The van der Waals surface area contributed by atoms with Gasteiger partial charge in [0.25, 0.3) is 5.91 Å². The van der Waals surface area contributed by atoms with Gasteiger partial charge in [-0.05, 0) is 56.7 Å². The third kappa shape index (κ3) is 5.09. The molecule has 1 fully saturated rings. The summed E-state index contributed by atoms with van der Waals surface area (Å²) in [6.45, 7) is 4.58. The summed E-state index contributed by atoms with van der Waals surface area (Å²) < 4.78 is 23.2. The lowest BCUT2D eigenvalue weighted by atomic mass is 9.99. The maximum Gasteiger partial charge on any atom is 0.254 e. The predicted molar refractivity (Wildman–Crippen MR) is 126 cm³/mol. The van der Waals surface area contributed by atoms with Gasteiger partial charge in [-0.1, -0.05) is 6.07 Å². The topological polar surface area (TPSA) is 117 Å². The van der Waals surface area contributed by atoms with E-state index in [2.05, 4.69) is 25.8 Å². The molecule has 170 valence electrons. The van der Waals surface area contributed by atoms with E-state index < -0.39 is 9.84 Å². The summed E-state index contributed by atoms with van der Waals surface area (Å²) in [6, 6.07) is 6.09. The molecule has 2 aromatic heterocycles. The summed E-state index contributed by atoms with van der Waals surface area (Å²) in [5.41, 5.74) is 4.02. The van der Waals surface area contributed by atoms with Gasteiger partial charge in [0.05, 0.1) is 34.5 Å². The summed E-state index contributed by atoms with van der Waals surface area (Å²) in [4.78, 5) is 17.6. The molecular formula is C23H29N5O3S. The molecule has 1 amide bonds. The van der Waals surface area contributed by atoms with Crippen molar-refractivity contribution in [3.8, 4) is 11.1 Å². The number of amides is 1. The minimum atomic E-state index is -2.87. The van der Waals surface area contributed by atoms with Crippen LogP contribution in [0.3, 0.4) is 0 Å². The van der Waals surface area contributed by atoms with Gasteiger partial charge in [0, 0.05) is 35.9 Å². The second-order valence-electron chi connectivity index (χ2n) is 8.70. The number of nitrogens with zero attached hydrogens (tertiary/aromatic N) is 2. The minimum Gasteiger partial charge on any atom is -0.382 e. The minimum absolute atomic E-state index is 0.133. The Balaban J connectivity index is 1.54. The molecule has 0 spiro atoms. The van der Waals surface area contributed by atoms with Gasteiger partial charge in [0.2, 0.25) is 0 Å². The SMILES string of the molecule is CC(C)Nc1c(C(=O)NCCC2CCS(=O)(=O)CC2)cnc2ccc(-c3cn[nH]c3)cc12. The Bertz CT molecular complexity index is 1190. The number of hydrogen-bond acceptors (Lipinski definition) is 6. The van der Waals surface area contributed by atoms with E-state index in [9.17, 15) is 13.2 Å². The van der Waals surface area contributed by atoms with Crippen molar-refractivity contribution in [3.63, 3.8) is 0 Å². The van der Waals surface area contributed by atoms with Gasteiger partial charge in [-0.3, -0.25) is 14.9 Å². The summed E-state index contributed by atoms with van der Waals surface area (Å²) in [7, 11) is -2.87. The molecular weight excluding hydrogens is 426 g/mol. The highest BCUT2D eigenvalue weighted by atomic mass is 32.2. The van der Waals surface area contributed by atoms with Crippen LogP contribution in [0.1, 0.15) is 43.5 Å². The fourth-order valence-corrected chi connectivity index (χ4v) is 5.70. The van der Waals surface area contributed by atoms with Crippen LogP contribution < -0.4 is 10.6 Å². The van der Waals surface area contributed by atoms with Crippen LogP contribution in [0.25, 0.3) is 22.0 Å². The summed E-state index contributed by atoms with van der Waals surface area (Å²) >= 11 is 0. The molecule has 8 nitrogen and oxygen atoms in total. The van der Waals surface area contributed by atoms with Gasteiger partial charge in [0.15, 0.2) is 0 Å². The number of sulfone groups is 1. The first kappa shape index (κ1) is 22.3. The fourth-order valence-electron chi connectivity index (χ4n) is 4.11. The van der Waals surface area contributed by atoms with Crippen LogP contribution in [0.5, 0.6) is 0 Å². The Morgan fingerprint density at radius 1 is 1.19 bits per heavy atom. The van der Waals surface area contributed by atoms with Crippen molar-refractivity contribution in [1.29, 1.82) is 0 Å². The smallest absolute Gasteiger partial charge is 0.254 e. The molecule has 4 rings (SSSR count). The van der Waals surface area contributed by atoms with Gasteiger partial charge in [-0.15, -0.1) is 0 Å². The first-order valence-corrected chi connectivity index (χ1v) is 12.8. The zero-order valence-corrected chi connectivity index (χ0v) is 19.2. The summed E-state index contributed by atoms with van der Waals surface area (Å²) in [5.74, 6) is 0.655. The molecule has 0 unspecified atom stereocenters. The first-order chi connectivity index (χ1) is 15.3. The maximum absolute atomic E-state index is 13.0. The highest BCUT2D eigenvalue weighted by Crippen LogP contribution is 2.31. The maximum atomic E-state index is 13.0. The van der Waals surface area contributed by atoms with E-state index in [1.165, 1.54) is 0 Å². The molecule has 1 saturated heterocycles. The lowest BCUT2D eigenvalue weighted by Crippen LogP contribution is -2.30. The first-order valence-electron chi connectivity index (χ1n) is 11.0. The van der Waals surface area contributed by atoms with Crippen LogP contribution in [-0.2, 0) is 9.84 Å². The molecule has 9 heteroatoms. The van der Waals surface area contributed by atoms with E-state index in [1.54, 1.807) is 12.4 Å². The van der Waals surface area contributed by atoms with E-state index in [4.69, 9.17) is 0 Å². The molecule has 3 heterocycles. The molecule has 1 aliphatic rings. The third-order valence-electron chi connectivity index (χ3n) is 5.89. The average Bonchev–Trinajstić information content (AvgIpc) is 3.29. The molecule has 0 aliphatic carbocycles. The van der Waals surface area contributed by atoms with E-state index in [0.29, 0.717) is 30.9 Å². The molecule has 0 bridgehead atoms. The van der Waals surface area contributed by atoms with Crippen LogP contribution in [-0.4, -0.2) is 53.6 Å². The van der Waals surface area contributed by atoms with E-state index in [0.717, 1.165) is 34.1 Å². The fraction of sp³-hybridized carbons (Fsp3) is 0.435. The Labute approximate surface area is 188 Å². The summed E-state index contributed by atoms with van der Waals surface area (Å²) in [5, 5.41) is 14.2. The quantitative estimate of drug-likeness (QED) is 0.503. The zero-order valence-electron chi connectivity index (χ0n) is 18.4. The molecule has 32 heavy (non-hydrogen) atoms. The Kier molecular flexibility index (Phi) is 6.45. The summed E-state index contributed by atoms with van der Waals surface area (Å²) in [6.07, 6.45) is 7.33. The van der Waals surface area contributed by atoms with Crippen molar-refractivity contribution < 1.29 is 13.2 Å². The normalized spacial score (nSPS) is 16.3. The third-order valence-corrected chi connectivity index (χ3v) is 7.60. The molecule has 1 aromatic carbocycles. The number of aromatic amines is 1. The Morgan fingerprint density at radius 2 is 1.97 bits per heavy atom. The van der Waals surface area contributed by atoms with Crippen LogP contribution >= 0.6 is 0 Å². The number of fused-ring (bicyclic) bond motifs is 1. The highest BCUT2D eigenvalue weighted by molar-refractivity contribution is 7.91. The van der Waals surface area contributed by atoms with E-state index in [-0.39, 0.29) is 23.5 Å². The molecule has 3 aromatic rings. The van der Waals surface area contributed by atoms with Crippen molar-refractivity contribution in [1.82, 2.24) is 20.5 Å². The number of nitrogens with one attached hydrogen (secondary N) is 3. The number of carbonyl (C=O) groups excluding carboxylic acids is 1. The Morgan fingerprint density at radius 3 is 2.66 bits per heavy atom. The second kappa shape index (κ2) is 9.28. The van der Waals surface area contributed by atoms with Crippen molar-refractivity contribution in [2.45, 2.75) is 39.2 Å². The number of anilines is 1. The van der Waals surface area contributed by atoms with Gasteiger partial charge in [-0.2, -0.15) is 5.10 Å². The molecule has 1 aliphatic heterocycles. The largest absolute Gasteiger partial charge is 0.382 e. The average molecular weight is 456 g/mol. The standard InChI is InChI=1S/C23H29N5O3S/c1-15(2)28-22-19-11-17(18-12-26-27-13-18)3-4-21(19)25-14-20(22)23(29)24-8-5-16-6-9-32(30,31)10-7-16/h3-4,11-16H,5-10H2,1-2H3,(H,24,29)(H,25,28)(H,26,27). The van der Waals surface area contributed by atoms with Gasteiger partial charge in [-0.25, -0.2) is 8.42 Å². The number of carbonyl (C=O) groups is 1. The van der Waals surface area contributed by atoms with Crippen molar-refractivity contribution in [2.75, 3.05) is 23.4 Å². The van der Waals surface area contributed by atoms with Gasteiger partial charge < -0.3 is 10.6 Å². The molecule has 3 N–H and O–H groups in total. The van der Waals surface area contributed by atoms with Crippen LogP contribution in [0.4, 0.5) is 5.69 Å².